The van der Waals surface area contributed by atoms with E-state index in [1.54, 1.807) is 12.4 Å². The lowest BCUT2D eigenvalue weighted by molar-refractivity contribution is -0.0740. The summed E-state index contributed by atoms with van der Waals surface area (Å²) in [6.45, 7) is 4.74. The maximum atomic E-state index is 6.03. The minimum atomic E-state index is 0.0288. The Bertz CT molecular complexity index is 359. The standard InChI is InChI=1S/C12H18N4O/c1-3-13-4-2-12(1)10-16(7-8-17-12)11-9-14-5-6-15-11/h5-6,9,13H,1-4,7-8,10H2. The molecule has 5 heteroatoms. The van der Waals surface area contributed by atoms with E-state index in [0.717, 1.165) is 51.4 Å². The first kappa shape index (κ1) is 10.9. The number of piperidine rings is 1. The van der Waals surface area contributed by atoms with Gasteiger partial charge in [-0.15, -0.1) is 0 Å². The van der Waals surface area contributed by atoms with Crippen molar-refractivity contribution in [2.75, 3.05) is 37.7 Å². The fourth-order valence-electron chi connectivity index (χ4n) is 2.68. The molecule has 2 aliphatic rings. The number of nitrogens with one attached hydrogen (secondary N) is 1. The summed E-state index contributed by atoms with van der Waals surface area (Å²) in [5.74, 6) is 0.966. The quantitative estimate of drug-likeness (QED) is 0.764. The van der Waals surface area contributed by atoms with Gasteiger partial charge in [-0.05, 0) is 25.9 Å². The van der Waals surface area contributed by atoms with Gasteiger partial charge < -0.3 is 15.0 Å². The minimum absolute atomic E-state index is 0.0288. The first-order valence-corrected chi connectivity index (χ1v) is 6.24. The van der Waals surface area contributed by atoms with Crippen molar-refractivity contribution in [2.24, 2.45) is 0 Å². The monoisotopic (exact) mass is 234 g/mol. The molecule has 0 amide bonds. The van der Waals surface area contributed by atoms with Crippen LogP contribution in [0.5, 0.6) is 0 Å². The van der Waals surface area contributed by atoms with Gasteiger partial charge in [0.15, 0.2) is 0 Å². The van der Waals surface area contributed by atoms with Crippen molar-refractivity contribution >= 4 is 5.82 Å². The largest absolute Gasteiger partial charge is 0.371 e. The van der Waals surface area contributed by atoms with Crippen LogP contribution in [0.4, 0.5) is 5.82 Å². The van der Waals surface area contributed by atoms with Crippen LogP contribution in [0.15, 0.2) is 18.6 Å². The lowest BCUT2D eigenvalue weighted by Gasteiger charge is -2.45. The van der Waals surface area contributed by atoms with Crippen LogP contribution < -0.4 is 10.2 Å². The first-order chi connectivity index (χ1) is 8.38. The molecule has 0 bridgehead atoms. The summed E-state index contributed by atoms with van der Waals surface area (Å²) >= 11 is 0. The zero-order valence-corrected chi connectivity index (χ0v) is 9.93. The van der Waals surface area contributed by atoms with Crippen LogP contribution in [0.3, 0.4) is 0 Å². The van der Waals surface area contributed by atoms with E-state index in [1.807, 2.05) is 6.20 Å². The van der Waals surface area contributed by atoms with Gasteiger partial charge in [0.1, 0.15) is 5.82 Å². The van der Waals surface area contributed by atoms with Gasteiger partial charge in [-0.2, -0.15) is 0 Å². The van der Waals surface area contributed by atoms with Crippen LogP contribution in [0.25, 0.3) is 0 Å². The van der Waals surface area contributed by atoms with Crippen molar-refractivity contribution in [1.82, 2.24) is 15.3 Å². The molecule has 0 aliphatic carbocycles. The molecule has 1 aromatic rings. The SMILES string of the molecule is c1cnc(N2CCOC3(CCNCC3)C2)cn1. The van der Waals surface area contributed by atoms with E-state index in [2.05, 4.69) is 20.2 Å². The smallest absolute Gasteiger partial charge is 0.147 e. The third kappa shape index (κ3) is 2.25. The molecule has 92 valence electrons. The third-order valence-corrected chi connectivity index (χ3v) is 3.64. The maximum Gasteiger partial charge on any atom is 0.147 e. The van der Waals surface area contributed by atoms with Crippen LogP contribution in [-0.2, 0) is 4.74 Å². The van der Waals surface area contributed by atoms with E-state index in [1.165, 1.54) is 0 Å². The number of nitrogens with zero attached hydrogens (tertiary/aromatic N) is 3. The normalized spacial score (nSPS) is 23.9. The minimum Gasteiger partial charge on any atom is -0.371 e. The molecule has 0 radical (unpaired) electrons. The number of morpholine rings is 1. The lowest BCUT2D eigenvalue weighted by Crippen LogP contribution is -2.56. The summed E-state index contributed by atoms with van der Waals surface area (Å²) in [6, 6.07) is 0. The molecular weight excluding hydrogens is 216 g/mol. The van der Waals surface area contributed by atoms with Gasteiger partial charge in [-0.1, -0.05) is 0 Å². The molecule has 0 saturated carbocycles. The maximum absolute atomic E-state index is 6.03. The fourth-order valence-corrected chi connectivity index (χ4v) is 2.68. The summed E-state index contributed by atoms with van der Waals surface area (Å²) in [4.78, 5) is 10.8. The van der Waals surface area contributed by atoms with E-state index >= 15 is 0 Å². The molecule has 2 fully saturated rings. The number of rotatable bonds is 1. The molecule has 0 atom stereocenters. The van der Waals surface area contributed by atoms with Crippen LogP contribution in [0, 0.1) is 0 Å². The third-order valence-electron chi connectivity index (χ3n) is 3.64. The van der Waals surface area contributed by atoms with Crippen molar-refractivity contribution in [3.63, 3.8) is 0 Å². The van der Waals surface area contributed by atoms with E-state index in [4.69, 9.17) is 4.74 Å². The van der Waals surface area contributed by atoms with Gasteiger partial charge in [0.05, 0.1) is 18.4 Å². The second-order valence-corrected chi connectivity index (χ2v) is 4.77. The summed E-state index contributed by atoms with van der Waals surface area (Å²) in [7, 11) is 0. The highest BCUT2D eigenvalue weighted by Gasteiger charge is 2.38. The zero-order valence-electron chi connectivity index (χ0n) is 9.93. The Hall–Kier alpha value is -1.20. The van der Waals surface area contributed by atoms with Gasteiger partial charge in [0, 0.05) is 25.5 Å². The zero-order chi connectivity index (χ0) is 11.6. The molecule has 17 heavy (non-hydrogen) atoms. The lowest BCUT2D eigenvalue weighted by atomic mass is 9.90. The van der Waals surface area contributed by atoms with E-state index < -0.39 is 0 Å². The summed E-state index contributed by atoms with van der Waals surface area (Å²) < 4.78 is 6.03. The van der Waals surface area contributed by atoms with Gasteiger partial charge >= 0.3 is 0 Å². The highest BCUT2D eigenvalue weighted by Crippen LogP contribution is 2.29. The van der Waals surface area contributed by atoms with Crippen molar-refractivity contribution in [2.45, 2.75) is 18.4 Å². The van der Waals surface area contributed by atoms with E-state index in [-0.39, 0.29) is 5.60 Å². The Morgan fingerprint density at radius 1 is 1.29 bits per heavy atom. The molecule has 5 nitrogen and oxygen atoms in total. The number of aromatic nitrogens is 2. The Balaban J connectivity index is 1.75. The molecule has 1 aromatic heterocycles. The second-order valence-electron chi connectivity index (χ2n) is 4.77. The van der Waals surface area contributed by atoms with Crippen molar-refractivity contribution in [3.05, 3.63) is 18.6 Å². The second kappa shape index (κ2) is 4.58. The van der Waals surface area contributed by atoms with Crippen LogP contribution in [0.2, 0.25) is 0 Å². The van der Waals surface area contributed by atoms with Crippen molar-refractivity contribution < 1.29 is 4.74 Å². The number of ether oxygens (including phenoxy) is 1. The van der Waals surface area contributed by atoms with Crippen LogP contribution in [0.1, 0.15) is 12.8 Å². The number of hydrogen-bond donors (Lipinski definition) is 1. The first-order valence-electron chi connectivity index (χ1n) is 6.24. The topological polar surface area (TPSA) is 50.3 Å². The van der Waals surface area contributed by atoms with E-state index in [0.29, 0.717) is 0 Å². The molecular formula is C12H18N4O. The Morgan fingerprint density at radius 3 is 2.94 bits per heavy atom. The predicted octanol–water partition coefficient (Wildman–Crippen LogP) is 0.435. The van der Waals surface area contributed by atoms with Gasteiger partial charge in [0.2, 0.25) is 0 Å². The Kier molecular flexibility index (Phi) is 2.94. The van der Waals surface area contributed by atoms with Gasteiger partial charge in [-0.3, -0.25) is 4.98 Å². The average Bonchev–Trinajstić information content (AvgIpc) is 2.41. The van der Waals surface area contributed by atoms with Crippen LogP contribution >= 0.6 is 0 Å². The fraction of sp³-hybridized carbons (Fsp3) is 0.667. The van der Waals surface area contributed by atoms with E-state index in [9.17, 15) is 0 Å². The van der Waals surface area contributed by atoms with Gasteiger partial charge in [-0.25, -0.2) is 4.98 Å². The molecule has 2 saturated heterocycles. The molecule has 3 rings (SSSR count). The summed E-state index contributed by atoms with van der Waals surface area (Å²) in [5, 5.41) is 3.38. The molecule has 0 unspecified atom stereocenters. The Labute approximate surface area is 101 Å². The Morgan fingerprint density at radius 2 is 2.18 bits per heavy atom. The van der Waals surface area contributed by atoms with Crippen LogP contribution in [-0.4, -0.2) is 48.4 Å². The van der Waals surface area contributed by atoms with Gasteiger partial charge in [0.25, 0.3) is 0 Å². The molecule has 0 aromatic carbocycles. The van der Waals surface area contributed by atoms with Crippen molar-refractivity contribution in [1.29, 1.82) is 0 Å². The molecule has 2 aliphatic heterocycles. The predicted molar refractivity (Wildman–Crippen MR) is 65.0 cm³/mol. The average molecular weight is 234 g/mol. The molecule has 1 N–H and O–H groups in total. The highest BCUT2D eigenvalue weighted by molar-refractivity contribution is 5.36. The molecule has 3 heterocycles. The van der Waals surface area contributed by atoms with Crippen molar-refractivity contribution in [3.8, 4) is 0 Å². The summed E-state index contributed by atoms with van der Waals surface area (Å²) in [6.07, 6.45) is 7.47. The molecule has 1 spiro atoms. The highest BCUT2D eigenvalue weighted by atomic mass is 16.5. The number of hydrogen-bond acceptors (Lipinski definition) is 5. The summed E-state index contributed by atoms with van der Waals surface area (Å²) in [5.41, 5.74) is 0.0288. The number of anilines is 1.